The normalized spacial score (nSPS) is 10.4. The zero-order chi connectivity index (χ0) is 12.0. The zero-order valence-corrected chi connectivity index (χ0v) is 8.61. The largest absolute Gasteiger partial charge is 0.412 e. The molecule has 0 amide bonds. The molecule has 0 aliphatic rings. The van der Waals surface area contributed by atoms with Crippen molar-refractivity contribution in [2.45, 2.75) is 6.92 Å². The lowest BCUT2D eigenvalue weighted by Gasteiger charge is -2.01. The van der Waals surface area contributed by atoms with E-state index < -0.39 is 11.8 Å². The summed E-state index contributed by atoms with van der Waals surface area (Å²) >= 11 is 0. The first-order chi connectivity index (χ1) is 7.69. The molecule has 1 rings (SSSR count). The average molecular weight is 216 g/mol. The minimum atomic E-state index is -0.791. The van der Waals surface area contributed by atoms with Gasteiger partial charge in [-0.15, -0.1) is 4.84 Å². The molecule has 0 fully saturated rings. The van der Waals surface area contributed by atoms with Gasteiger partial charge in [-0.3, -0.25) is 0 Å². The topological polar surface area (TPSA) is 30.7 Å². The fourth-order valence-corrected chi connectivity index (χ4v) is 1.11. The fourth-order valence-electron chi connectivity index (χ4n) is 1.11. The number of benzene rings is 1. The summed E-state index contributed by atoms with van der Waals surface area (Å²) in [5.74, 6) is -1.22. The smallest absolute Gasteiger partial charge is 0.239 e. The molecule has 0 spiro atoms. The molecule has 0 bridgehead atoms. The average Bonchev–Trinajstić information content (AvgIpc) is 2.28. The first-order valence-electron chi connectivity index (χ1n) is 4.52. The van der Waals surface area contributed by atoms with Gasteiger partial charge in [-0.2, -0.15) is 6.57 Å². The standard InChI is InChI=1S/C11H8BFNO2/c1-3-8(11(15)16-14-2)12-9-6-4-5-7-10(9)13/h3-7H,1H3. The lowest BCUT2D eigenvalue weighted by Crippen LogP contribution is -2.24. The quantitative estimate of drug-likeness (QED) is 0.331. The van der Waals surface area contributed by atoms with Gasteiger partial charge in [-0.05, 0) is 23.5 Å². The van der Waals surface area contributed by atoms with Gasteiger partial charge in [-0.1, -0.05) is 24.3 Å². The highest BCUT2D eigenvalue weighted by Crippen LogP contribution is 2.00. The van der Waals surface area contributed by atoms with Gasteiger partial charge in [0.2, 0.25) is 7.28 Å². The third kappa shape index (κ3) is 2.96. The molecule has 0 aliphatic carbocycles. The van der Waals surface area contributed by atoms with Crippen LogP contribution >= 0.6 is 0 Å². The predicted molar refractivity (Wildman–Crippen MR) is 58.2 cm³/mol. The summed E-state index contributed by atoms with van der Waals surface area (Å²) in [5.41, 5.74) is 0.415. The van der Waals surface area contributed by atoms with Gasteiger partial charge in [-0.25, -0.2) is 9.18 Å². The summed E-state index contributed by atoms with van der Waals surface area (Å²) in [6, 6.07) is 6.03. The van der Waals surface area contributed by atoms with Gasteiger partial charge < -0.3 is 0 Å². The first-order valence-corrected chi connectivity index (χ1v) is 4.52. The Hall–Kier alpha value is -2.09. The number of halogens is 1. The van der Waals surface area contributed by atoms with Crippen LogP contribution < -0.4 is 5.46 Å². The van der Waals surface area contributed by atoms with Crippen LogP contribution in [0.5, 0.6) is 0 Å². The van der Waals surface area contributed by atoms with Crippen LogP contribution in [0.4, 0.5) is 4.39 Å². The maximum atomic E-state index is 13.3. The van der Waals surface area contributed by atoms with Gasteiger partial charge in [0, 0.05) is 5.47 Å². The van der Waals surface area contributed by atoms with Crippen molar-refractivity contribution >= 4 is 18.7 Å². The highest BCUT2D eigenvalue weighted by Gasteiger charge is 2.17. The van der Waals surface area contributed by atoms with Gasteiger partial charge in [0.05, 0.1) is 0 Å². The van der Waals surface area contributed by atoms with Gasteiger partial charge >= 0.3 is 5.97 Å². The van der Waals surface area contributed by atoms with Crippen molar-refractivity contribution in [3.63, 3.8) is 0 Å². The van der Waals surface area contributed by atoms with Crippen LogP contribution in [0.1, 0.15) is 6.92 Å². The van der Waals surface area contributed by atoms with E-state index in [1.807, 2.05) is 0 Å². The van der Waals surface area contributed by atoms with Crippen molar-refractivity contribution < 1.29 is 14.0 Å². The maximum Gasteiger partial charge on any atom is 0.412 e. The van der Waals surface area contributed by atoms with Crippen molar-refractivity contribution in [2.24, 2.45) is 0 Å². The molecule has 0 aliphatic heterocycles. The van der Waals surface area contributed by atoms with Crippen LogP contribution in [0.25, 0.3) is 5.01 Å². The molecule has 0 unspecified atom stereocenters. The molecule has 5 heteroatoms. The Morgan fingerprint density at radius 2 is 2.25 bits per heavy atom. The van der Waals surface area contributed by atoms with Crippen LogP contribution in [-0.2, 0) is 9.63 Å². The first kappa shape index (κ1) is 12.0. The van der Waals surface area contributed by atoms with Crippen molar-refractivity contribution in [2.75, 3.05) is 0 Å². The highest BCUT2D eigenvalue weighted by atomic mass is 19.1. The van der Waals surface area contributed by atoms with Gasteiger partial charge in [0.25, 0.3) is 0 Å². The fraction of sp³-hybridized carbons (Fsp3) is 0.0909. The number of carbonyl (C=O) groups is 1. The van der Waals surface area contributed by atoms with Crippen molar-refractivity contribution in [3.8, 4) is 0 Å². The number of allylic oxidation sites excluding steroid dienone is 1. The minimum Gasteiger partial charge on any atom is -0.239 e. The number of hydrogen-bond donors (Lipinski definition) is 0. The minimum absolute atomic E-state index is 0.140. The van der Waals surface area contributed by atoms with E-state index in [4.69, 9.17) is 6.57 Å². The Morgan fingerprint density at radius 1 is 1.56 bits per heavy atom. The summed E-state index contributed by atoms with van der Waals surface area (Å²) in [5, 5.41) is 2.51. The molecule has 16 heavy (non-hydrogen) atoms. The maximum absolute atomic E-state index is 13.3. The second kappa shape index (κ2) is 5.71. The third-order valence-corrected chi connectivity index (χ3v) is 1.89. The van der Waals surface area contributed by atoms with E-state index in [1.165, 1.54) is 25.5 Å². The monoisotopic (exact) mass is 216 g/mol. The van der Waals surface area contributed by atoms with E-state index in [9.17, 15) is 9.18 Å². The number of nitrogens with zero attached hydrogens (tertiary/aromatic N) is 1. The Kier molecular flexibility index (Phi) is 4.28. The SMILES string of the molecule is [C-]#[N+]OC(=O)C([B]c1ccccc1F)=CC. The molecule has 0 saturated heterocycles. The van der Waals surface area contributed by atoms with Crippen LogP contribution in [0, 0.1) is 12.4 Å². The summed E-state index contributed by atoms with van der Waals surface area (Å²) in [6.45, 7) is 8.00. The van der Waals surface area contributed by atoms with Crippen molar-refractivity contribution in [3.05, 3.63) is 53.2 Å². The Balaban J connectivity index is 2.84. The molecule has 0 N–H and O–H groups in total. The Morgan fingerprint density at radius 3 is 2.81 bits per heavy atom. The molecule has 1 aromatic carbocycles. The van der Waals surface area contributed by atoms with Crippen molar-refractivity contribution in [1.29, 1.82) is 0 Å². The second-order valence-corrected chi connectivity index (χ2v) is 2.88. The molecule has 0 heterocycles. The lowest BCUT2D eigenvalue weighted by atomic mass is 9.63. The summed E-state index contributed by atoms with van der Waals surface area (Å²) in [7, 11) is 1.34. The van der Waals surface area contributed by atoms with Crippen LogP contribution in [-0.4, -0.2) is 13.2 Å². The molecule has 3 nitrogen and oxygen atoms in total. The molecule has 79 valence electrons. The van der Waals surface area contributed by atoms with Crippen LogP contribution in [0.15, 0.2) is 35.8 Å². The molecule has 0 atom stereocenters. The zero-order valence-electron chi connectivity index (χ0n) is 8.61. The summed E-state index contributed by atoms with van der Waals surface area (Å²) in [6.07, 6.45) is 1.46. The van der Waals surface area contributed by atoms with Crippen molar-refractivity contribution in [1.82, 2.24) is 0 Å². The molecule has 1 aromatic rings. The Bertz CT molecular complexity index is 465. The van der Waals surface area contributed by atoms with E-state index in [-0.39, 0.29) is 10.9 Å². The van der Waals surface area contributed by atoms with E-state index in [0.717, 1.165) is 0 Å². The molecular weight excluding hydrogens is 208 g/mol. The van der Waals surface area contributed by atoms with Crippen LogP contribution in [0.3, 0.4) is 0 Å². The predicted octanol–water partition coefficient (Wildman–Crippen LogP) is 1.44. The molecule has 0 saturated carbocycles. The van der Waals surface area contributed by atoms with E-state index in [2.05, 4.69) is 9.85 Å². The van der Waals surface area contributed by atoms with E-state index in [1.54, 1.807) is 19.1 Å². The lowest BCUT2D eigenvalue weighted by molar-refractivity contribution is -0.133. The second-order valence-electron chi connectivity index (χ2n) is 2.88. The number of carbonyl (C=O) groups excluding carboxylic acids is 1. The molecular formula is C11H8BFNO2. The highest BCUT2D eigenvalue weighted by molar-refractivity contribution is 6.66. The summed E-state index contributed by atoms with van der Waals surface area (Å²) < 4.78 is 13.3. The van der Waals surface area contributed by atoms with Gasteiger partial charge in [0.15, 0.2) is 0 Å². The third-order valence-electron chi connectivity index (χ3n) is 1.89. The summed E-state index contributed by atoms with van der Waals surface area (Å²) in [4.78, 5) is 15.4. The van der Waals surface area contributed by atoms with E-state index in [0.29, 0.717) is 0 Å². The molecule has 0 aromatic heterocycles. The van der Waals surface area contributed by atoms with Gasteiger partial charge in [0.1, 0.15) is 5.82 Å². The Labute approximate surface area is 93.6 Å². The van der Waals surface area contributed by atoms with E-state index >= 15 is 0 Å². The molecule has 1 radical (unpaired) electrons. The van der Waals surface area contributed by atoms with Crippen LogP contribution in [0.2, 0.25) is 0 Å². The number of hydrogen-bond acceptors (Lipinski definition) is 2. The number of rotatable bonds is 3.